The molecule has 3 rings (SSSR count). The molecule has 0 aliphatic heterocycles. The highest BCUT2D eigenvalue weighted by molar-refractivity contribution is 5.50. The van der Waals surface area contributed by atoms with Gasteiger partial charge in [0.15, 0.2) is 0 Å². The highest BCUT2D eigenvalue weighted by Gasteiger charge is 2.43. The van der Waals surface area contributed by atoms with E-state index in [1.165, 1.54) is 0 Å². The molecule has 1 unspecified atom stereocenters. The Bertz CT molecular complexity index is 888. The van der Waals surface area contributed by atoms with Gasteiger partial charge in [-0.15, -0.1) is 0 Å². The third-order valence-corrected chi connectivity index (χ3v) is 5.96. The molecule has 0 heterocycles. The molecule has 0 bridgehead atoms. The van der Waals surface area contributed by atoms with E-state index in [2.05, 4.69) is 26.0 Å². The van der Waals surface area contributed by atoms with Gasteiger partial charge in [-0.05, 0) is 60.7 Å². The maximum absolute atomic E-state index is 9.77. The zero-order valence-electron chi connectivity index (χ0n) is 22.8. The second kappa shape index (κ2) is 15.2. The van der Waals surface area contributed by atoms with E-state index in [0.29, 0.717) is 6.42 Å². The van der Waals surface area contributed by atoms with Crippen LogP contribution in [0, 0.1) is 0 Å². The van der Waals surface area contributed by atoms with E-state index in [-0.39, 0.29) is 6.61 Å². The molecule has 3 aromatic carbocycles. The van der Waals surface area contributed by atoms with Gasteiger partial charge < -0.3 is 19.3 Å². The van der Waals surface area contributed by atoms with Crippen LogP contribution in [-0.2, 0) is 10.3 Å². The van der Waals surface area contributed by atoms with Crippen molar-refractivity contribution in [2.24, 2.45) is 0 Å². The Hall–Kier alpha value is -2.82. The number of rotatable bonds is 10. The van der Waals surface area contributed by atoms with Crippen LogP contribution in [-0.4, -0.2) is 31.5 Å². The first-order chi connectivity index (χ1) is 17.0. The largest absolute Gasteiger partial charge is 0.497 e. The number of aliphatic hydroxyl groups is 1. The van der Waals surface area contributed by atoms with Crippen molar-refractivity contribution < 1.29 is 19.3 Å². The van der Waals surface area contributed by atoms with E-state index in [4.69, 9.17) is 14.2 Å². The van der Waals surface area contributed by atoms with Gasteiger partial charge in [0.1, 0.15) is 17.1 Å². The summed E-state index contributed by atoms with van der Waals surface area (Å²) in [4.78, 5) is 0. The summed E-state index contributed by atoms with van der Waals surface area (Å²) in [5.74, 6) is 1.57. The van der Waals surface area contributed by atoms with Crippen LogP contribution in [0.3, 0.4) is 0 Å². The predicted octanol–water partition coefficient (Wildman–Crippen LogP) is 7.62. The summed E-state index contributed by atoms with van der Waals surface area (Å²) >= 11 is 0. The van der Waals surface area contributed by atoms with Crippen LogP contribution in [0.2, 0.25) is 0 Å². The zero-order valence-corrected chi connectivity index (χ0v) is 22.8. The van der Waals surface area contributed by atoms with Crippen molar-refractivity contribution in [2.75, 3.05) is 20.8 Å². The Morgan fingerprint density at radius 2 is 1.06 bits per heavy atom. The van der Waals surface area contributed by atoms with Gasteiger partial charge in [0.05, 0.1) is 19.8 Å². The van der Waals surface area contributed by atoms with E-state index in [9.17, 15) is 5.11 Å². The van der Waals surface area contributed by atoms with Gasteiger partial charge in [-0.25, -0.2) is 0 Å². The first-order valence-corrected chi connectivity index (χ1v) is 12.7. The first kappa shape index (κ1) is 30.2. The Kier molecular flexibility index (Phi) is 13.1. The van der Waals surface area contributed by atoms with E-state index < -0.39 is 11.2 Å². The Balaban J connectivity index is 0.00000145. The smallest absolute Gasteiger partial charge is 0.144 e. The number of benzene rings is 3. The van der Waals surface area contributed by atoms with Crippen LogP contribution in [0.4, 0.5) is 0 Å². The lowest BCUT2D eigenvalue weighted by molar-refractivity contribution is -0.124. The molecule has 0 aliphatic carbocycles. The lowest BCUT2D eigenvalue weighted by Gasteiger charge is -2.43. The first-order valence-electron chi connectivity index (χ1n) is 12.7. The van der Waals surface area contributed by atoms with Crippen molar-refractivity contribution in [1.82, 2.24) is 0 Å². The summed E-state index contributed by atoms with van der Waals surface area (Å²) in [6.07, 6.45) is 1.29. The monoisotopic (exact) mass is 480 g/mol. The fourth-order valence-corrected chi connectivity index (χ4v) is 3.91. The topological polar surface area (TPSA) is 47.9 Å². The summed E-state index contributed by atoms with van der Waals surface area (Å²) in [7, 11) is 3.32. The molecule has 35 heavy (non-hydrogen) atoms. The third kappa shape index (κ3) is 7.33. The van der Waals surface area contributed by atoms with Crippen LogP contribution in [0.25, 0.3) is 0 Å². The molecule has 0 saturated heterocycles. The summed E-state index contributed by atoms with van der Waals surface area (Å²) in [6, 6.07) is 26.2. The average Bonchev–Trinajstić information content (AvgIpc) is 2.95. The molecule has 3 aromatic rings. The summed E-state index contributed by atoms with van der Waals surface area (Å²) in [6.45, 7) is 12.2. The van der Waals surface area contributed by atoms with Crippen molar-refractivity contribution in [3.63, 3.8) is 0 Å². The number of methoxy groups -OCH3 is 2. The Morgan fingerprint density at radius 3 is 1.40 bits per heavy atom. The molecule has 1 N–H and O–H groups in total. The quantitative estimate of drug-likeness (QED) is 0.303. The van der Waals surface area contributed by atoms with Gasteiger partial charge >= 0.3 is 0 Å². The maximum Gasteiger partial charge on any atom is 0.144 e. The molecule has 0 aliphatic rings. The third-order valence-electron chi connectivity index (χ3n) is 5.96. The van der Waals surface area contributed by atoms with Crippen molar-refractivity contribution >= 4 is 0 Å². The molecule has 192 valence electrons. The van der Waals surface area contributed by atoms with E-state index in [1.54, 1.807) is 14.2 Å². The zero-order chi connectivity index (χ0) is 26.3. The van der Waals surface area contributed by atoms with Crippen LogP contribution in [0.15, 0.2) is 78.9 Å². The average molecular weight is 481 g/mol. The highest BCUT2D eigenvalue weighted by Crippen LogP contribution is 2.45. The number of aliphatic hydroxyl groups excluding tert-OH is 1. The van der Waals surface area contributed by atoms with E-state index in [0.717, 1.165) is 34.6 Å². The van der Waals surface area contributed by atoms with Crippen LogP contribution >= 0.6 is 0 Å². The fraction of sp³-hybridized carbons (Fsp3) is 0.419. The summed E-state index contributed by atoms with van der Waals surface area (Å²) < 4.78 is 17.9. The van der Waals surface area contributed by atoms with Gasteiger partial charge in [-0.3, -0.25) is 0 Å². The lowest BCUT2D eigenvalue weighted by Crippen LogP contribution is -2.43. The molecule has 1 atom stereocenters. The van der Waals surface area contributed by atoms with Gasteiger partial charge in [-0.1, -0.05) is 89.2 Å². The van der Waals surface area contributed by atoms with Crippen LogP contribution < -0.4 is 9.47 Å². The number of hydrogen-bond acceptors (Lipinski definition) is 4. The van der Waals surface area contributed by atoms with Gasteiger partial charge in [0.25, 0.3) is 0 Å². The molecule has 4 nitrogen and oxygen atoms in total. The molecule has 0 radical (unpaired) electrons. The van der Waals surface area contributed by atoms with Crippen molar-refractivity contribution in [2.45, 2.75) is 65.6 Å². The summed E-state index contributed by atoms with van der Waals surface area (Å²) in [5, 5.41) is 9.77. The van der Waals surface area contributed by atoms with Crippen LogP contribution in [0.5, 0.6) is 11.5 Å². The minimum absolute atomic E-state index is 0.0560. The number of hydrogen-bond donors (Lipinski definition) is 1. The van der Waals surface area contributed by atoms with Gasteiger partial charge in [0.2, 0.25) is 0 Å². The molecule has 0 spiro atoms. The second-order valence-corrected chi connectivity index (χ2v) is 7.88. The van der Waals surface area contributed by atoms with Gasteiger partial charge in [-0.2, -0.15) is 0 Å². The van der Waals surface area contributed by atoms with E-state index >= 15 is 0 Å². The van der Waals surface area contributed by atoms with Gasteiger partial charge in [0, 0.05) is 6.61 Å². The highest BCUT2D eigenvalue weighted by atomic mass is 16.5. The van der Waals surface area contributed by atoms with Crippen LogP contribution in [0.1, 0.15) is 71.1 Å². The minimum atomic E-state index is -0.875. The Labute approximate surface area is 212 Å². The lowest BCUT2D eigenvalue weighted by atomic mass is 9.79. The SMILES string of the molecule is CC.CC.CCC(C)(CCO)OC(c1ccccc1)(c1ccc(OC)cc1)c1ccc(OC)cc1. The van der Waals surface area contributed by atoms with Crippen molar-refractivity contribution in [3.05, 3.63) is 95.6 Å². The van der Waals surface area contributed by atoms with E-state index in [1.807, 2.05) is 94.4 Å². The predicted molar refractivity (Wildman–Crippen MR) is 146 cm³/mol. The van der Waals surface area contributed by atoms with Crippen molar-refractivity contribution in [3.8, 4) is 11.5 Å². The molecule has 0 fully saturated rings. The standard InChI is InChI=1S/C27H32O4.2C2H6/c1-5-26(2,19-20-28)31-27(21-9-7-6-8-10-21,22-11-15-24(29-3)16-12-22)23-13-17-25(30-4)18-14-23;2*1-2/h6-18,28H,5,19-20H2,1-4H3;2*1-2H3. The molecule has 0 aromatic heterocycles. The molecular formula is C31H44O4. The minimum Gasteiger partial charge on any atom is -0.497 e. The van der Waals surface area contributed by atoms with Crippen molar-refractivity contribution in [1.29, 1.82) is 0 Å². The maximum atomic E-state index is 9.77. The second-order valence-electron chi connectivity index (χ2n) is 7.88. The molecule has 0 saturated carbocycles. The fourth-order valence-electron chi connectivity index (χ4n) is 3.91. The normalized spacial score (nSPS) is 12.3. The Morgan fingerprint density at radius 1 is 0.657 bits per heavy atom. The number of ether oxygens (including phenoxy) is 3. The molecule has 4 heteroatoms. The molecular weight excluding hydrogens is 436 g/mol. The molecule has 0 amide bonds. The summed E-state index contributed by atoms with van der Waals surface area (Å²) in [5.41, 5.74) is 1.58.